The predicted octanol–water partition coefficient (Wildman–Crippen LogP) is 3.08. The lowest BCUT2D eigenvalue weighted by molar-refractivity contribution is -0.123. The fourth-order valence-corrected chi connectivity index (χ4v) is 2.22. The highest BCUT2D eigenvalue weighted by molar-refractivity contribution is 6.30. The lowest BCUT2D eigenvalue weighted by atomic mass is 10.1. The number of rotatable bonds is 5. The van der Waals surface area contributed by atoms with Crippen LogP contribution in [0.1, 0.15) is 11.1 Å². The molecule has 0 heterocycles. The molecule has 2 N–H and O–H groups in total. The van der Waals surface area contributed by atoms with E-state index in [2.05, 4.69) is 10.6 Å². The van der Waals surface area contributed by atoms with Crippen LogP contribution >= 0.6 is 11.6 Å². The molecular formula is C17H16ClFN2O2. The average Bonchev–Trinajstić information content (AvgIpc) is 2.50. The van der Waals surface area contributed by atoms with Crippen molar-refractivity contribution in [1.82, 2.24) is 5.32 Å². The molecule has 0 aromatic heterocycles. The molecule has 2 amide bonds. The van der Waals surface area contributed by atoms with Crippen LogP contribution in [0.5, 0.6) is 0 Å². The second-order valence-electron chi connectivity index (χ2n) is 5.09. The SMILES string of the molecule is Cc1cc(Cl)ccc1NC(=O)CNC(=O)Cc1ccc(F)cc1. The Morgan fingerprint density at radius 1 is 1.09 bits per heavy atom. The fraction of sp³-hybridized carbons (Fsp3) is 0.176. The van der Waals surface area contributed by atoms with Crippen molar-refractivity contribution >= 4 is 29.1 Å². The van der Waals surface area contributed by atoms with Crippen LogP contribution in [0.2, 0.25) is 5.02 Å². The van der Waals surface area contributed by atoms with Gasteiger partial charge in [0.15, 0.2) is 0 Å². The highest BCUT2D eigenvalue weighted by atomic mass is 35.5. The van der Waals surface area contributed by atoms with E-state index in [1.54, 1.807) is 18.2 Å². The molecule has 0 spiro atoms. The van der Waals surface area contributed by atoms with Crippen LogP contribution in [-0.4, -0.2) is 18.4 Å². The number of carbonyl (C=O) groups excluding carboxylic acids is 2. The third kappa shape index (κ3) is 5.38. The van der Waals surface area contributed by atoms with Crippen molar-refractivity contribution in [3.8, 4) is 0 Å². The van der Waals surface area contributed by atoms with Gasteiger partial charge in [0.05, 0.1) is 13.0 Å². The third-order valence-electron chi connectivity index (χ3n) is 3.19. The van der Waals surface area contributed by atoms with Crippen LogP contribution in [-0.2, 0) is 16.0 Å². The number of halogens is 2. The van der Waals surface area contributed by atoms with Gasteiger partial charge in [0, 0.05) is 10.7 Å². The average molecular weight is 335 g/mol. The minimum absolute atomic E-state index is 0.0908. The largest absolute Gasteiger partial charge is 0.347 e. The van der Waals surface area contributed by atoms with Gasteiger partial charge in [-0.05, 0) is 48.4 Å². The molecule has 0 unspecified atom stereocenters. The summed E-state index contributed by atoms with van der Waals surface area (Å²) < 4.78 is 12.8. The van der Waals surface area contributed by atoms with Gasteiger partial charge in [-0.2, -0.15) is 0 Å². The molecule has 2 aromatic carbocycles. The van der Waals surface area contributed by atoms with Gasteiger partial charge in [0.25, 0.3) is 0 Å². The Morgan fingerprint density at radius 3 is 2.43 bits per heavy atom. The van der Waals surface area contributed by atoms with Gasteiger partial charge in [-0.1, -0.05) is 23.7 Å². The van der Waals surface area contributed by atoms with Crippen LogP contribution in [0.25, 0.3) is 0 Å². The van der Waals surface area contributed by atoms with Crippen molar-refractivity contribution in [1.29, 1.82) is 0 Å². The van der Waals surface area contributed by atoms with E-state index in [1.165, 1.54) is 24.3 Å². The molecule has 23 heavy (non-hydrogen) atoms. The van der Waals surface area contributed by atoms with Crippen molar-refractivity contribution in [2.24, 2.45) is 0 Å². The third-order valence-corrected chi connectivity index (χ3v) is 3.42. The number of hydrogen-bond acceptors (Lipinski definition) is 2. The number of anilines is 1. The van der Waals surface area contributed by atoms with Gasteiger partial charge in [-0.25, -0.2) is 4.39 Å². The molecule has 120 valence electrons. The zero-order valence-corrected chi connectivity index (χ0v) is 13.3. The molecule has 0 radical (unpaired) electrons. The molecule has 0 saturated heterocycles. The maximum atomic E-state index is 12.8. The Bertz CT molecular complexity index is 717. The molecule has 0 aliphatic carbocycles. The van der Waals surface area contributed by atoms with E-state index in [-0.39, 0.29) is 30.6 Å². The van der Waals surface area contributed by atoms with Crippen molar-refractivity contribution in [3.63, 3.8) is 0 Å². The van der Waals surface area contributed by atoms with E-state index in [1.807, 2.05) is 6.92 Å². The number of benzene rings is 2. The van der Waals surface area contributed by atoms with Crippen molar-refractivity contribution in [3.05, 3.63) is 64.4 Å². The Balaban J connectivity index is 1.81. The van der Waals surface area contributed by atoms with E-state index >= 15 is 0 Å². The quantitative estimate of drug-likeness (QED) is 0.882. The molecule has 4 nitrogen and oxygen atoms in total. The normalized spacial score (nSPS) is 10.2. The van der Waals surface area contributed by atoms with E-state index in [0.29, 0.717) is 16.3 Å². The molecule has 0 atom stereocenters. The fourth-order valence-electron chi connectivity index (χ4n) is 1.99. The minimum Gasteiger partial charge on any atom is -0.347 e. The van der Waals surface area contributed by atoms with Gasteiger partial charge in [0.1, 0.15) is 5.82 Å². The molecule has 0 aliphatic rings. The van der Waals surface area contributed by atoms with Crippen LogP contribution in [0.15, 0.2) is 42.5 Å². The second-order valence-corrected chi connectivity index (χ2v) is 5.52. The lowest BCUT2D eigenvalue weighted by Gasteiger charge is -2.09. The number of amides is 2. The number of aryl methyl sites for hydroxylation is 1. The first kappa shape index (κ1) is 17.0. The van der Waals surface area contributed by atoms with E-state index in [4.69, 9.17) is 11.6 Å². The summed E-state index contributed by atoms with van der Waals surface area (Å²) in [4.78, 5) is 23.6. The first-order chi connectivity index (χ1) is 10.9. The molecule has 0 fully saturated rings. The topological polar surface area (TPSA) is 58.2 Å². The maximum Gasteiger partial charge on any atom is 0.243 e. The Kier molecular flexibility index (Phi) is 5.71. The van der Waals surface area contributed by atoms with Gasteiger partial charge in [-0.3, -0.25) is 9.59 Å². The lowest BCUT2D eigenvalue weighted by Crippen LogP contribution is -2.33. The molecule has 6 heteroatoms. The molecule has 2 aromatic rings. The molecule has 0 bridgehead atoms. The summed E-state index contributed by atoms with van der Waals surface area (Å²) in [5, 5.41) is 5.82. The van der Waals surface area contributed by atoms with E-state index in [0.717, 1.165) is 5.56 Å². The van der Waals surface area contributed by atoms with Crippen LogP contribution in [0, 0.1) is 12.7 Å². The number of carbonyl (C=O) groups is 2. The van der Waals surface area contributed by atoms with E-state index < -0.39 is 0 Å². The van der Waals surface area contributed by atoms with Crippen molar-refractivity contribution in [2.75, 3.05) is 11.9 Å². The second kappa shape index (κ2) is 7.74. The minimum atomic E-state index is -0.355. The Labute approximate surface area is 138 Å². The molecular weight excluding hydrogens is 319 g/mol. The van der Waals surface area contributed by atoms with Gasteiger partial charge in [0.2, 0.25) is 11.8 Å². The molecule has 0 saturated carbocycles. The Hall–Kier alpha value is -2.40. The van der Waals surface area contributed by atoms with Gasteiger partial charge < -0.3 is 10.6 Å². The van der Waals surface area contributed by atoms with Crippen molar-refractivity contribution < 1.29 is 14.0 Å². The summed E-state index contributed by atoms with van der Waals surface area (Å²) in [7, 11) is 0. The zero-order chi connectivity index (χ0) is 16.8. The number of nitrogens with one attached hydrogen (secondary N) is 2. The summed E-state index contributed by atoms with van der Waals surface area (Å²) in [5.41, 5.74) is 2.16. The standard InChI is InChI=1S/C17H16ClFN2O2/c1-11-8-13(18)4-7-15(11)21-17(23)10-20-16(22)9-12-2-5-14(19)6-3-12/h2-8H,9-10H2,1H3,(H,20,22)(H,21,23). The molecule has 0 aliphatic heterocycles. The summed E-state index contributed by atoms with van der Waals surface area (Å²) in [6.07, 6.45) is 0.0908. The molecule has 2 rings (SSSR count). The monoisotopic (exact) mass is 334 g/mol. The smallest absolute Gasteiger partial charge is 0.243 e. The van der Waals surface area contributed by atoms with Crippen LogP contribution < -0.4 is 10.6 Å². The zero-order valence-electron chi connectivity index (χ0n) is 12.5. The summed E-state index contributed by atoms with van der Waals surface area (Å²) in [5.74, 6) is -0.991. The summed E-state index contributed by atoms with van der Waals surface area (Å²) in [6.45, 7) is 1.69. The van der Waals surface area contributed by atoms with Gasteiger partial charge >= 0.3 is 0 Å². The predicted molar refractivity (Wildman–Crippen MR) is 87.9 cm³/mol. The highest BCUT2D eigenvalue weighted by Crippen LogP contribution is 2.19. The van der Waals surface area contributed by atoms with Crippen molar-refractivity contribution in [2.45, 2.75) is 13.3 Å². The highest BCUT2D eigenvalue weighted by Gasteiger charge is 2.08. The first-order valence-corrected chi connectivity index (χ1v) is 7.39. The summed E-state index contributed by atoms with van der Waals surface area (Å²) >= 11 is 5.85. The maximum absolute atomic E-state index is 12.8. The van der Waals surface area contributed by atoms with Crippen LogP contribution in [0.4, 0.5) is 10.1 Å². The van der Waals surface area contributed by atoms with E-state index in [9.17, 15) is 14.0 Å². The summed E-state index contributed by atoms with van der Waals surface area (Å²) in [6, 6.07) is 10.8. The van der Waals surface area contributed by atoms with Gasteiger partial charge in [-0.15, -0.1) is 0 Å². The van der Waals surface area contributed by atoms with Crippen LogP contribution in [0.3, 0.4) is 0 Å². The first-order valence-electron chi connectivity index (χ1n) is 7.01. The Morgan fingerprint density at radius 2 is 1.78 bits per heavy atom. The number of hydrogen-bond donors (Lipinski definition) is 2.